The van der Waals surface area contributed by atoms with Gasteiger partial charge in [0.25, 0.3) is 5.22 Å². The number of hydrogen-bond donors (Lipinski definition) is 1. The van der Waals surface area contributed by atoms with Gasteiger partial charge in [-0.3, -0.25) is 4.79 Å². The molecule has 3 aromatic rings. The molecule has 0 atom stereocenters. The number of nitrogens with zero attached hydrogens (tertiary/aromatic N) is 2. The summed E-state index contributed by atoms with van der Waals surface area (Å²) in [5.74, 6) is 0.652. The quantitative estimate of drug-likeness (QED) is 0.505. The van der Waals surface area contributed by atoms with Gasteiger partial charge in [0.2, 0.25) is 11.8 Å². The van der Waals surface area contributed by atoms with E-state index >= 15 is 0 Å². The number of benzene rings is 2. The molecule has 1 N–H and O–H groups in total. The van der Waals surface area contributed by atoms with E-state index in [0.717, 1.165) is 23.4 Å². The van der Waals surface area contributed by atoms with Gasteiger partial charge in [-0.05, 0) is 29.8 Å². The first-order chi connectivity index (χ1) is 14.8. The standard InChI is InChI=1S/C20H18F3N3O4S/c1-28-15-8-7-12(9-16(15)29-2)10-18-25-26-19(30-18)31-11-17(27)24-14-6-4-3-5-13(14)20(21,22)23/h3-9H,10-11H2,1-2H3,(H,24,27). The summed E-state index contributed by atoms with van der Waals surface area (Å²) in [4.78, 5) is 12.1. The van der Waals surface area contributed by atoms with Crippen molar-refractivity contribution >= 4 is 23.4 Å². The maximum atomic E-state index is 13.0. The molecule has 0 aliphatic heterocycles. The maximum absolute atomic E-state index is 13.0. The highest BCUT2D eigenvalue weighted by molar-refractivity contribution is 7.99. The molecule has 0 radical (unpaired) electrons. The van der Waals surface area contributed by atoms with Crippen LogP contribution in [0.1, 0.15) is 17.0 Å². The molecule has 0 spiro atoms. The lowest BCUT2D eigenvalue weighted by atomic mass is 10.1. The van der Waals surface area contributed by atoms with Crippen LogP contribution in [0.5, 0.6) is 11.5 Å². The summed E-state index contributed by atoms with van der Waals surface area (Å²) in [6.07, 6.45) is -4.23. The lowest BCUT2D eigenvalue weighted by Crippen LogP contribution is -2.18. The highest BCUT2D eigenvalue weighted by Gasteiger charge is 2.33. The molecule has 0 unspecified atom stereocenters. The summed E-state index contributed by atoms with van der Waals surface area (Å²) >= 11 is 0.928. The number of anilines is 1. The van der Waals surface area contributed by atoms with E-state index in [2.05, 4.69) is 15.5 Å². The van der Waals surface area contributed by atoms with Crippen molar-refractivity contribution in [1.29, 1.82) is 0 Å². The van der Waals surface area contributed by atoms with Crippen LogP contribution >= 0.6 is 11.8 Å². The van der Waals surface area contributed by atoms with E-state index in [0.29, 0.717) is 23.8 Å². The van der Waals surface area contributed by atoms with Gasteiger partial charge < -0.3 is 19.2 Å². The molecule has 3 rings (SSSR count). The first-order valence-corrected chi connectivity index (χ1v) is 9.91. The topological polar surface area (TPSA) is 86.5 Å². The Bertz CT molecular complexity index is 1060. The van der Waals surface area contributed by atoms with Gasteiger partial charge in [-0.2, -0.15) is 13.2 Å². The summed E-state index contributed by atoms with van der Waals surface area (Å²) in [6, 6.07) is 10.1. The third-order valence-corrected chi connectivity index (χ3v) is 4.90. The molecule has 1 aromatic heterocycles. The van der Waals surface area contributed by atoms with Gasteiger partial charge in [0.15, 0.2) is 11.5 Å². The van der Waals surface area contributed by atoms with Crippen molar-refractivity contribution in [3.05, 3.63) is 59.5 Å². The molecule has 1 amide bonds. The van der Waals surface area contributed by atoms with E-state index in [4.69, 9.17) is 13.9 Å². The number of thioether (sulfide) groups is 1. The van der Waals surface area contributed by atoms with E-state index in [1.54, 1.807) is 12.1 Å². The van der Waals surface area contributed by atoms with Crippen LogP contribution in [0.3, 0.4) is 0 Å². The predicted molar refractivity (Wildman–Crippen MR) is 107 cm³/mol. The zero-order chi connectivity index (χ0) is 22.4. The lowest BCUT2D eigenvalue weighted by Gasteiger charge is -2.13. The average Bonchev–Trinajstić information content (AvgIpc) is 3.19. The van der Waals surface area contributed by atoms with Crippen LogP contribution in [-0.4, -0.2) is 36.1 Å². The average molecular weight is 453 g/mol. The van der Waals surface area contributed by atoms with Crippen molar-refractivity contribution in [2.75, 3.05) is 25.3 Å². The largest absolute Gasteiger partial charge is 0.493 e. The second kappa shape index (κ2) is 9.73. The summed E-state index contributed by atoms with van der Waals surface area (Å²) in [6.45, 7) is 0. The highest BCUT2D eigenvalue weighted by Crippen LogP contribution is 2.34. The minimum Gasteiger partial charge on any atom is -0.493 e. The lowest BCUT2D eigenvalue weighted by molar-refractivity contribution is -0.137. The zero-order valence-electron chi connectivity index (χ0n) is 16.5. The Balaban J connectivity index is 1.58. The first kappa shape index (κ1) is 22.5. The van der Waals surface area contributed by atoms with Gasteiger partial charge in [0.1, 0.15) is 0 Å². The fourth-order valence-corrected chi connectivity index (χ4v) is 3.27. The number of halogens is 3. The Morgan fingerprint density at radius 2 is 1.84 bits per heavy atom. The van der Waals surface area contributed by atoms with Gasteiger partial charge in [0, 0.05) is 0 Å². The molecular weight excluding hydrogens is 435 g/mol. The SMILES string of the molecule is COc1ccc(Cc2nnc(SCC(=O)Nc3ccccc3C(F)(F)F)o2)cc1OC. The molecule has 1 heterocycles. The second-order valence-corrected chi connectivity index (χ2v) is 7.13. The van der Waals surface area contributed by atoms with Gasteiger partial charge in [-0.25, -0.2) is 0 Å². The molecule has 7 nitrogen and oxygen atoms in total. The fraction of sp³-hybridized carbons (Fsp3) is 0.250. The summed E-state index contributed by atoms with van der Waals surface area (Å²) in [7, 11) is 3.07. The third kappa shape index (κ3) is 5.91. The number of alkyl halides is 3. The molecule has 0 bridgehead atoms. The number of amides is 1. The number of rotatable bonds is 8. The normalized spacial score (nSPS) is 11.3. The van der Waals surface area contributed by atoms with E-state index in [1.165, 1.54) is 32.4 Å². The van der Waals surface area contributed by atoms with Crippen LogP contribution in [0.25, 0.3) is 0 Å². The maximum Gasteiger partial charge on any atom is 0.418 e. The summed E-state index contributed by atoms with van der Waals surface area (Å²) < 4.78 is 55.0. The van der Waals surface area contributed by atoms with Crippen LogP contribution in [0.15, 0.2) is 52.1 Å². The van der Waals surface area contributed by atoms with Crippen LogP contribution in [0.2, 0.25) is 0 Å². The van der Waals surface area contributed by atoms with Crippen molar-refractivity contribution in [2.24, 2.45) is 0 Å². The Kier molecular flexibility index (Phi) is 7.06. The highest BCUT2D eigenvalue weighted by atomic mass is 32.2. The molecule has 31 heavy (non-hydrogen) atoms. The Morgan fingerprint density at radius 1 is 1.10 bits per heavy atom. The molecule has 164 valence electrons. The van der Waals surface area contributed by atoms with Crippen molar-refractivity contribution in [3.63, 3.8) is 0 Å². The molecular formula is C20H18F3N3O4S. The van der Waals surface area contributed by atoms with E-state index in [1.807, 2.05) is 6.07 Å². The number of carbonyl (C=O) groups excluding carboxylic acids is 1. The Hall–Kier alpha value is -3.21. The van der Waals surface area contributed by atoms with Gasteiger partial charge in [-0.1, -0.05) is 30.0 Å². The summed E-state index contributed by atoms with van der Waals surface area (Å²) in [5, 5.41) is 10.2. The monoisotopic (exact) mass is 453 g/mol. The molecule has 0 aliphatic carbocycles. The Labute approximate surface area is 179 Å². The molecule has 11 heteroatoms. The molecule has 0 aliphatic rings. The van der Waals surface area contributed by atoms with Gasteiger partial charge in [-0.15, -0.1) is 10.2 Å². The van der Waals surface area contributed by atoms with Crippen LogP contribution in [0, 0.1) is 0 Å². The minimum absolute atomic E-state index is 0.134. The van der Waals surface area contributed by atoms with Crippen molar-refractivity contribution in [1.82, 2.24) is 10.2 Å². The third-order valence-electron chi connectivity index (χ3n) is 4.08. The number of hydrogen-bond acceptors (Lipinski definition) is 7. The molecule has 0 fully saturated rings. The van der Waals surface area contributed by atoms with Gasteiger partial charge >= 0.3 is 6.18 Å². The van der Waals surface area contributed by atoms with Crippen LogP contribution < -0.4 is 14.8 Å². The van der Waals surface area contributed by atoms with E-state index in [9.17, 15) is 18.0 Å². The molecule has 2 aromatic carbocycles. The van der Waals surface area contributed by atoms with E-state index < -0.39 is 17.6 Å². The number of methoxy groups -OCH3 is 2. The number of para-hydroxylation sites is 1. The number of nitrogens with one attached hydrogen (secondary N) is 1. The van der Waals surface area contributed by atoms with Crippen molar-refractivity contribution < 1.29 is 31.9 Å². The second-order valence-electron chi connectivity index (χ2n) is 6.21. The number of aromatic nitrogens is 2. The predicted octanol–water partition coefficient (Wildman–Crippen LogP) is 4.43. The minimum atomic E-state index is -4.57. The number of carbonyl (C=O) groups is 1. The summed E-state index contributed by atoms with van der Waals surface area (Å²) in [5.41, 5.74) is -0.372. The smallest absolute Gasteiger partial charge is 0.418 e. The molecule has 0 saturated carbocycles. The van der Waals surface area contributed by atoms with Gasteiger partial charge in [0.05, 0.1) is 37.6 Å². The van der Waals surface area contributed by atoms with Crippen molar-refractivity contribution in [2.45, 2.75) is 17.8 Å². The fourth-order valence-electron chi connectivity index (χ4n) is 2.69. The van der Waals surface area contributed by atoms with Crippen molar-refractivity contribution in [3.8, 4) is 11.5 Å². The molecule has 0 saturated heterocycles. The zero-order valence-corrected chi connectivity index (χ0v) is 17.3. The van der Waals surface area contributed by atoms with Crippen LogP contribution in [0.4, 0.5) is 18.9 Å². The van der Waals surface area contributed by atoms with E-state index in [-0.39, 0.29) is 16.7 Å². The Morgan fingerprint density at radius 3 is 2.55 bits per heavy atom. The number of ether oxygens (including phenoxy) is 2. The first-order valence-electron chi connectivity index (χ1n) is 8.92. The van der Waals surface area contributed by atoms with Crippen LogP contribution in [-0.2, 0) is 17.4 Å².